The second-order valence-corrected chi connectivity index (χ2v) is 7.02. The number of amides is 2. The molecule has 2 aromatic rings. The van der Waals surface area contributed by atoms with Crippen LogP contribution in [0.4, 0.5) is 16.4 Å². The minimum Gasteiger partial charge on any atom is -0.462 e. The number of hydrogen-bond acceptors (Lipinski definition) is 7. The fraction of sp³-hybridized carbons (Fsp3) is 0.118. The van der Waals surface area contributed by atoms with Crippen molar-refractivity contribution >= 4 is 69.7 Å². The molecule has 7 nitrogen and oxygen atoms in total. The van der Waals surface area contributed by atoms with Crippen molar-refractivity contribution in [1.29, 1.82) is 0 Å². The second-order valence-electron chi connectivity index (χ2n) is 5.19. The molecular weight excluding hydrogens is 415 g/mol. The van der Waals surface area contributed by atoms with Gasteiger partial charge < -0.3 is 14.5 Å². The fourth-order valence-corrected chi connectivity index (χ4v) is 3.23. The van der Waals surface area contributed by atoms with Crippen molar-refractivity contribution in [3.8, 4) is 0 Å². The first kappa shape index (κ1) is 19.3. The molecule has 0 radical (unpaired) electrons. The lowest BCUT2D eigenvalue weighted by molar-refractivity contribution is -0.115. The normalized spacial score (nSPS) is 15.1. The minimum absolute atomic E-state index is 0.0185. The third kappa shape index (κ3) is 4.29. The number of rotatable bonds is 5. The Kier molecular flexibility index (Phi) is 5.79. The molecule has 1 aliphatic rings. The van der Waals surface area contributed by atoms with Crippen LogP contribution in [0.3, 0.4) is 0 Å². The van der Waals surface area contributed by atoms with Crippen LogP contribution in [0.2, 0.25) is 10.0 Å². The summed E-state index contributed by atoms with van der Waals surface area (Å²) in [5.41, 5.74) is 0.577. The number of furan rings is 1. The first-order valence-electron chi connectivity index (χ1n) is 7.66. The molecule has 0 unspecified atom stereocenters. The maximum absolute atomic E-state index is 12.3. The van der Waals surface area contributed by atoms with Crippen LogP contribution in [0.15, 0.2) is 33.6 Å². The maximum Gasteiger partial charge on any atom is 0.345 e. The molecule has 2 N–H and O–H groups in total. The van der Waals surface area contributed by atoms with Crippen molar-refractivity contribution in [2.75, 3.05) is 11.9 Å². The summed E-state index contributed by atoms with van der Waals surface area (Å²) in [6.45, 7) is 1.80. The van der Waals surface area contributed by atoms with E-state index in [2.05, 4.69) is 10.6 Å². The number of benzene rings is 1. The summed E-state index contributed by atoms with van der Waals surface area (Å²) in [7, 11) is 0. The van der Waals surface area contributed by atoms with Gasteiger partial charge in [0.05, 0.1) is 11.5 Å². The zero-order chi connectivity index (χ0) is 19.6. The number of thioether (sulfide) groups is 1. The van der Waals surface area contributed by atoms with Crippen LogP contribution in [-0.4, -0.2) is 23.7 Å². The molecule has 3 rings (SSSR count). The van der Waals surface area contributed by atoms with Crippen LogP contribution in [0.1, 0.15) is 23.0 Å². The fourth-order valence-electron chi connectivity index (χ4n) is 2.20. The van der Waals surface area contributed by atoms with Gasteiger partial charge in [-0.05, 0) is 43.0 Å². The first-order chi connectivity index (χ1) is 12.9. The Balaban J connectivity index is 2.01. The lowest BCUT2D eigenvalue weighted by Crippen LogP contribution is -2.17. The molecular formula is C17H12Cl2N2O5S. The third-order valence-corrected chi connectivity index (χ3v) is 4.80. The van der Waals surface area contributed by atoms with E-state index in [1.807, 2.05) is 0 Å². The number of carbonyl (C=O) groups is 3. The molecule has 10 heteroatoms. The number of anilines is 2. The van der Waals surface area contributed by atoms with E-state index in [4.69, 9.17) is 32.4 Å². The van der Waals surface area contributed by atoms with Gasteiger partial charge in [-0.2, -0.15) is 0 Å². The van der Waals surface area contributed by atoms with E-state index in [0.717, 1.165) is 0 Å². The number of hydrogen-bond donors (Lipinski definition) is 2. The average molecular weight is 427 g/mol. The summed E-state index contributed by atoms with van der Waals surface area (Å²) in [5, 5.41) is 5.07. The van der Waals surface area contributed by atoms with Crippen molar-refractivity contribution in [2.45, 2.75) is 6.92 Å². The van der Waals surface area contributed by atoms with E-state index >= 15 is 0 Å². The van der Waals surface area contributed by atoms with Gasteiger partial charge in [-0.3, -0.25) is 14.9 Å². The van der Waals surface area contributed by atoms with Crippen LogP contribution in [0.25, 0.3) is 6.08 Å². The van der Waals surface area contributed by atoms with E-state index < -0.39 is 17.1 Å². The number of halogens is 2. The van der Waals surface area contributed by atoms with Crippen LogP contribution in [-0.2, 0) is 9.53 Å². The van der Waals surface area contributed by atoms with Crippen LogP contribution in [0, 0.1) is 0 Å². The molecule has 0 bridgehead atoms. The van der Waals surface area contributed by atoms with Gasteiger partial charge in [-0.25, -0.2) is 4.79 Å². The standard InChI is InChI=1S/C17H12Cl2N2O5S/c1-2-25-16(23)12-13(19)10(7-11-14(22)21-17(24)27-11)26-15(12)20-9-5-3-8(18)4-6-9/h3-7,20H,2H2,1H3,(H,21,22,24)/b11-7+. The Morgan fingerprint density at radius 1 is 1.30 bits per heavy atom. The minimum atomic E-state index is -0.688. The van der Waals surface area contributed by atoms with E-state index in [1.165, 1.54) is 6.08 Å². The molecule has 0 spiro atoms. The third-order valence-electron chi connectivity index (χ3n) is 3.36. The van der Waals surface area contributed by atoms with Crippen molar-refractivity contribution in [3.05, 3.63) is 50.5 Å². The van der Waals surface area contributed by atoms with Gasteiger partial charge in [-0.15, -0.1) is 0 Å². The zero-order valence-electron chi connectivity index (χ0n) is 13.8. The number of carbonyl (C=O) groups excluding carboxylic acids is 3. The Morgan fingerprint density at radius 3 is 2.59 bits per heavy atom. The van der Waals surface area contributed by atoms with Gasteiger partial charge in [0.2, 0.25) is 5.88 Å². The Bertz CT molecular complexity index is 953. The van der Waals surface area contributed by atoms with Crippen molar-refractivity contribution in [2.24, 2.45) is 0 Å². The highest BCUT2D eigenvalue weighted by atomic mass is 35.5. The van der Waals surface area contributed by atoms with E-state index in [9.17, 15) is 14.4 Å². The Labute approximate surface area is 168 Å². The highest BCUT2D eigenvalue weighted by molar-refractivity contribution is 8.18. The summed E-state index contributed by atoms with van der Waals surface area (Å²) in [5.74, 6) is -1.17. The molecule has 1 aliphatic heterocycles. The van der Waals surface area contributed by atoms with E-state index in [0.29, 0.717) is 22.5 Å². The largest absolute Gasteiger partial charge is 0.462 e. The molecule has 0 aliphatic carbocycles. The van der Waals surface area contributed by atoms with Gasteiger partial charge in [0.25, 0.3) is 11.1 Å². The van der Waals surface area contributed by atoms with Gasteiger partial charge in [0.1, 0.15) is 16.3 Å². The molecule has 0 atom stereocenters. The van der Waals surface area contributed by atoms with Gasteiger partial charge in [-0.1, -0.05) is 23.2 Å². The van der Waals surface area contributed by atoms with Gasteiger partial charge in [0.15, 0.2) is 0 Å². The highest BCUT2D eigenvalue weighted by Crippen LogP contribution is 2.37. The Hall–Kier alpha value is -2.42. The lowest BCUT2D eigenvalue weighted by atomic mass is 10.2. The summed E-state index contributed by atoms with van der Waals surface area (Å²) >= 11 is 12.9. The Morgan fingerprint density at radius 2 is 2.00 bits per heavy atom. The zero-order valence-corrected chi connectivity index (χ0v) is 16.1. The lowest BCUT2D eigenvalue weighted by Gasteiger charge is -2.06. The van der Waals surface area contributed by atoms with Crippen LogP contribution >= 0.6 is 35.0 Å². The monoisotopic (exact) mass is 426 g/mol. The second kappa shape index (κ2) is 8.08. The van der Waals surface area contributed by atoms with Gasteiger partial charge >= 0.3 is 5.97 Å². The average Bonchev–Trinajstić information content (AvgIpc) is 3.09. The summed E-state index contributed by atoms with van der Waals surface area (Å²) in [4.78, 5) is 35.4. The molecule has 27 heavy (non-hydrogen) atoms. The van der Waals surface area contributed by atoms with E-state index in [1.54, 1.807) is 31.2 Å². The molecule has 1 aromatic heterocycles. The van der Waals surface area contributed by atoms with Crippen molar-refractivity contribution in [3.63, 3.8) is 0 Å². The van der Waals surface area contributed by atoms with Crippen LogP contribution in [0.5, 0.6) is 0 Å². The number of ether oxygens (including phenoxy) is 1. The molecule has 1 saturated heterocycles. The quantitative estimate of drug-likeness (QED) is 0.521. The van der Waals surface area contributed by atoms with Crippen LogP contribution < -0.4 is 10.6 Å². The van der Waals surface area contributed by atoms with Crippen molar-refractivity contribution < 1.29 is 23.5 Å². The summed E-state index contributed by atoms with van der Waals surface area (Å²) in [6, 6.07) is 6.69. The summed E-state index contributed by atoms with van der Waals surface area (Å²) in [6.07, 6.45) is 1.29. The number of imide groups is 1. The molecule has 1 fully saturated rings. The smallest absolute Gasteiger partial charge is 0.345 e. The molecule has 140 valence electrons. The first-order valence-corrected chi connectivity index (χ1v) is 9.23. The maximum atomic E-state index is 12.3. The van der Waals surface area contributed by atoms with Gasteiger partial charge in [0, 0.05) is 16.8 Å². The molecule has 2 heterocycles. The molecule has 2 amide bonds. The predicted molar refractivity (Wildman–Crippen MR) is 104 cm³/mol. The molecule has 0 saturated carbocycles. The highest BCUT2D eigenvalue weighted by Gasteiger charge is 2.29. The topological polar surface area (TPSA) is 97.6 Å². The van der Waals surface area contributed by atoms with Crippen molar-refractivity contribution in [1.82, 2.24) is 5.32 Å². The number of nitrogens with one attached hydrogen (secondary N) is 2. The number of esters is 1. The SMILES string of the molecule is CCOC(=O)c1c(Nc2ccc(Cl)cc2)oc(/C=C2/SC(=O)NC2=O)c1Cl. The summed E-state index contributed by atoms with van der Waals surface area (Å²) < 4.78 is 10.7. The van der Waals surface area contributed by atoms with E-state index in [-0.39, 0.29) is 33.7 Å². The predicted octanol–water partition coefficient (Wildman–Crippen LogP) is 4.83. The molecule has 1 aromatic carbocycles.